The van der Waals surface area contributed by atoms with Crippen LogP contribution in [0.2, 0.25) is 0 Å². The molecule has 2 aromatic rings. The zero-order chi connectivity index (χ0) is 16.3. The summed E-state index contributed by atoms with van der Waals surface area (Å²) >= 11 is 1.18. The van der Waals surface area contributed by atoms with Crippen LogP contribution in [0.5, 0.6) is 0 Å². The summed E-state index contributed by atoms with van der Waals surface area (Å²) in [6.07, 6.45) is 1.70. The van der Waals surface area contributed by atoms with E-state index in [1.165, 1.54) is 11.8 Å². The van der Waals surface area contributed by atoms with E-state index in [1.807, 2.05) is 4.57 Å². The molecule has 4 nitrogen and oxygen atoms in total. The molecule has 1 aromatic heterocycles. The van der Waals surface area contributed by atoms with Crippen molar-refractivity contribution in [3.8, 4) is 0 Å². The van der Waals surface area contributed by atoms with Gasteiger partial charge in [-0.2, -0.15) is 0 Å². The van der Waals surface area contributed by atoms with Crippen LogP contribution in [0.3, 0.4) is 0 Å². The molecule has 0 fully saturated rings. The third kappa shape index (κ3) is 3.41. The van der Waals surface area contributed by atoms with E-state index in [9.17, 15) is 13.6 Å². The summed E-state index contributed by atoms with van der Waals surface area (Å²) in [4.78, 5) is 12.3. The maximum absolute atomic E-state index is 13.7. The summed E-state index contributed by atoms with van der Waals surface area (Å²) < 4.78 is 28.4. The minimum absolute atomic E-state index is 0.132. The van der Waals surface area contributed by atoms with Crippen molar-refractivity contribution in [2.24, 2.45) is 0 Å². The van der Waals surface area contributed by atoms with Gasteiger partial charge in [-0.05, 0) is 26.0 Å². The van der Waals surface area contributed by atoms with Crippen molar-refractivity contribution in [3.05, 3.63) is 53.9 Å². The van der Waals surface area contributed by atoms with Crippen molar-refractivity contribution in [1.82, 2.24) is 14.8 Å². The predicted molar refractivity (Wildman–Crippen MR) is 81.0 cm³/mol. The molecule has 22 heavy (non-hydrogen) atoms. The summed E-state index contributed by atoms with van der Waals surface area (Å²) in [7, 11) is 0. The number of hydrogen-bond donors (Lipinski definition) is 0. The van der Waals surface area contributed by atoms with Gasteiger partial charge in [0.2, 0.25) is 0 Å². The van der Waals surface area contributed by atoms with E-state index in [0.717, 1.165) is 12.1 Å². The molecule has 1 aromatic carbocycles. The van der Waals surface area contributed by atoms with E-state index in [0.29, 0.717) is 23.6 Å². The Bertz CT molecular complexity index is 715. The van der Waals surface area contributed by atoms with Gasteiger partial charge in [0, 0.05) is 12.6 Å². The lowest BCUT2D eigenvalue weighted by atomic mass is 10.1. The number of Topliss-reactive ketones (excluding diaryl/α,β-unsaturated/α-hetero) is 1. The zero-order valence-electron chi connectivity index (χ0n) is 12.2. The van der Waals surface area contributed by atoms with Crippen LogP contribution in [-0.2, 0) is 6.54 Å². The molecule has 1 atom stereocenters. The molecular formula is C15H15F2N3OS. The van der Waals surface area contributed by atoms with E-state index in [4.69, 9.17) is 0 Å². The fourth-order valence-electron chi connectivity index (χ4n) is 1.91. The van der Waals surface area contributed by atoms with Crippen molar-refractivity contribution < 1.29 is 13.6 Å². The number of aromatic nitrogens is 3. The van der Waals surface area contributed by atoms with Crippen molar-refractivity contribution in [2.75, 3.05) is 0 Å². The zero-order valence-corrected chi connectivity index (χ0v) is 13.0. The van der Waals surface area contributed by atoms with Crippen molar-refractivity contribution in [3.63, 3.8) is 0 Å². The van der Waals surface area contributed by atoms with E-state index in [2.05, 4.69) is 16.8 Å². The summed E-state index contributed by atoms with van der Waals surface area (Å²) in [5.41, 5.74) is -0.132. The molecule has 116 valence electrons. The van der Waals surface area contributed by atoms with E-state index in [1.54, 1.807) is 19.9 Å². The number of rotatable bonds is 6. The van der Waals surface area contributed by atoms with Gasteiger partial charge in [-0.25, -0.2) is 8.78 Å². The Kier molecular flexibility index (Phi) is 5.07. The first-order valence-electron chi connectivity index (χ1n) is 6.60. The number of aryl methyl sites for hydroxylation is 1. The summed E-state index contributed by atoms with van der Waals surface area (Å²) in [6.45, 7) is 7.63. The quantitative estimate of drug-likeness (QED) is 0.464. The van der Waals surface area contributed by atoms with Gasteiger partial charge in [-0.1, -0.05) is 17.8 Å². The molecule has 0 spiro atoms. The maximum Gasteiger partial charge on any atom is 0.192 e. The molecule has 0 aliphatic heterocycles. The number of carbonyl (C=O) groups excluding carboxylic acids is 1. The molecular weight excluding hydrogens is 308 g/mol. The molecule has 0 saturated heterocycles. The number of thioether (sulfide) groups is 1. The largest absolute Gasteiger partial charge is 0.302 e. The first-order valence-corrected chi connectivity index (χ1v) is 7.48. The number of allylic oxidation sites excluding steroid dienone is 1. The molecule has 0 aliphatic rings. The van der Waals surface area contributed by atoms with E-state index >= 15 is 0 Å². The van der Waals surface area contributed by atoms with Gasteiger partial charge in [0.1, 0.15) is 17.5 Å². The third-order valence-corrected chi connectivity index (χ3v) is 4.14. The van der Waals surface area contributed by atoms with Crippen LogP contribution in [0.25, 0.3) is 0 Å². The molecule has 0 amide bonds. The number of carbonyl (C=O) groups is 1. The second kappa shape index (κ2) is 6.83. The summed E-state index contributed by atoms with van der Waals surface area (Å²) in [6, 6.07) is 2.93. The van der Waals surface area contributed by atoms with Crippen LogP contribution in [0.4, 0.5) is 8.78 Å². The summed E-state index contributed by atoms with van der Waals surface area (Å²) in [5, 5.41) is 7.95. The molecule has 2 rings (SSSR count). The summed E-state index contributed by atoms with van der Waals surface area (Å²) in [5.74, 6) is -1.29. The fourth-order valence-corrected chi connectivity index (χ4v) is 2.88. The monoisotopic (exact) mass is 323 g/mol. The standard InChI is InChI=1S/C15H15F2N3OS/c1-4-7-20-10(3)18-19-15(20)22-9(2)14(21)12-6-5-11(16)8-13(12)17/h4-6,8-9H,1,7H2,2-3H3. The SMILES string of the molecule is C=CCn1c(C)nnc1SC(C)C(=O)c1ccc(F)cc1F. The average Bonchev–Trinajstić information content (AvgIpc) is 2.80. The predicted octanol–water partition coefficient (Wildman–Crippen LogP) is 3.41. The first-order chi connectivity index (χ1) is 10.4. The Morgan fingerprint density at radius 3 is 2.82 bits per heavy atom. The Labute approximate surface area is 131 Å². The van der Waals surface area contributed by atoms with Crippen molar-refractivity contribution in [1.29, 1.82) is 0 Å². The van der Waals surface area contributed by atoms with Gasteiger partial charge in [0.05, 0.1) is 10.8 Å². The number of ketones is 1. The second-order valence-corrected chi connectivity index (χ2v) is 5.99. The average molecular weight is 323 g/mol. The lowest BCUT2D eigenvalue weighted by molar-refractivity contribution is 0.0990. The Balaban J connectivity index is 2.20. The smallest absolute Gasteiger partial charge is 0.192 e. The minimum atomic E-state index is -0.860. The molecule has 0 N–H and O–H groups in total. The minimum Gasteiger partial charge on any atom is -0.302 e. The molecule has 0 saturated carbocycles. The maximum atomic E-state index is 13.7. The first kappa shape index (κ1) is 16.4. The van der Waals surface area contributed by atoms with Crippen LogP contribution < -0.4 is 0 Å². The van der Waals surface area contributed by atoms with Crippen molar-refractivity contribution in [2.45, 2.75) is 30.8 Å². The molecule has 7 heteroatoms. The van der Waals surface area contributed by atoms with E-state index in [-0.39, 0.29) is 5.56 Å². The molecule has 1 unspecified atom stereocenters. The van der Waals surface area contributed by atoms with Gasteiger partial charge < -0.3 is 4.57 Å². The lowest BCUT2D eigenvalue weighted by Gasteiger charge is -2.11. The third-order valence-electron chi connectivity index (χ3n) is 3.06. The number of benzene rings is 1. The van der Waals surface area contributed by atoms with Crippen LogP contribution in [0.15, 0.2) is 36.0 Å². The molecule has 0 radical (unpaired) electrons. The van der Waals surface area contributed by atoms with Crippen molar-refractivity contribution >= 4 is 17.5 Å². The highest BCUT2D eigenvalue weighted by molar-refractivity contribution is 8.00. The Hall–Kier alpha value is -2.02. The van der Waals surface area contributed by atoms with Gasteiger partial charge in [-0.15, -0.1) is 16.8 Å². The van der Waals surface area contributed by atoms with Gasteiger partial charge >= 0.3 is 0 Å². The highest BCUT2D eigenvalue weighted by Crippen LogP contribution is 2.25. The highest BCUT2D eigenvalue weighted by Gasteiger charge is 2.22. The topological polar surface area (TPSA) is 47.8 Å². The molecule has 0 aliphatic carbocycles. The Morgan fingerprint density at radius 1 is 1.45 bits per heavy atom. The number of nitrogens with zero attached hydrogens (tertiary/aromatic N) is 3. The number of hydrogen-bond acceptors (Lipinski definition) is 4. The Morgan fingerprint density at radius 2 is 2.18 bits per heavy atom. The van der Waals surface area contributed by atoms with E-state index < -0.39 is 22.7 Å². The molecule has 0 bridgehead atoms. The highest BCUT2D eigenvalue weighted by atomic mass is 32.2. The van der Waals surface area contributed by atoms with Gasteiger partial charge in [0.15, 0.2) is 10.9 Å². The molecule has 1 heterocycles. The van der Waals surface area contributed by atoms with Crippen LogP contribution in [-0.4, -0.2) is 25.8 Å². The van der Waals surface area contributed by atoms with Crippen LogP contribution in [0, 0.1) is 18.6 Å². The normalized spacial score (nSPS) is 12.2. The lowest BCUT2D eigenvalue weighted by Crippen LogP contribution is -2.16. The van der Waals surface area contributed by atoms with Crippen LogP contribution in [0.1, 0.15) is 23.1 Å². The number of halogens is 2. The van der Waals surface area contributed by atoms with Gasteiger partial charge in [-0.3, -0.25) is 4.79 Å². The fraction of sp³-hybridized carbons (Fsp3) is 0.267. The van der Waals surface area contributed by atoms with Crippen LogP contribution >= 0.6 is 11.8 Å². The second-order valence-electron chi connectivity index (χ2n) is 4.68. The van der Waals surface area contributed by atoms with Gasteiger partial charge in [0.25, 0.3) is 0 Å².